The molecule has 0 aromatic heterocycles. The van der Waals surface area contributed by atoms with E-state index in [1.54, 1.807) is 0 Å². The number of nitrogens with zero attached hydrogens (tertiary/aromatic N) is 1. The van der Waals surface area contributed by atoms with Gasteiger partial charge >= 0.3 is 0 Å². The largest absolute Gasteiger partial charge is 0.395 e. The van der Waals surface area contributed by atoms with E-state index >= 15 is 0 Å². The fourth-order valence-corrected chi connectivity index (χ4v) is 3.59. The van der Waals surface area contributed by atoms with Crippen LogP contribution in [0.1, 0.15) is 37.7 Å². The summed E-state index contributed by atoms with van der Waals surface area (Å²) in [6, 6.07) is 9.78. The van der Waals surface area contributed by atoms with Gasteiger partial charge in [0, 0.05) is 0 Å². The van der Waals surface area contributed by atoms with Gasteiger partial charge in [0.2, 0.25) is 0 Å². The third-order valence-corrected chi connectivity index (χ3v) is 4.85. The Kier molecular flexibility index (Phi) is 6.65. The van der Waals surface area contributed by atoms with Crippen LogP contribution >= 0.6 is 0 Å². The van der Waals surface area contributed by atoms with Crippen LogP contribution < -0.4 is 0 Å². The van der Waals surface area contributed by atoms with Crippen molar-refractivity contribution in [3.05, 3.63) is 35.9 Å². The van der Waals surface area contributed by atoms with Crippen molar-refractivity contribution in [1.82, 2.24) is 4.90 Å². The van der Waals surface area contributed by atoms with E-state index in [0.29, 0.717) is 6.54 Å². The summed E-state index contributed by atoms with van der Waals surface area (Å²) in [5.74, 6) is 5.96. The van der Waals surface area contributed by atoms with Gasteiger partial charge in [-0.1, -0.05) is 61.4 Å². The predicted octanol–water partition coefficient (Wildman–Crippen LogP) is 2.63. The van der Waals surface area contributed by atoms with Crippen LogP contribution in [0.5, 0.6) is 0 Å². The molecule has 0 bridgehead atoms. The van der Waals surface area contributed by atoms with Gasteiger partial charge in [-0.05, 0) is 38.4 Å². The molecule has 0 amide bonds. The molecule has 1 aliphatic rings. The molecule has 1 aromatic carbocycles. The van der Waals surface area contributed by atoms with E-state index in [-0.39, 0.29) is 12.5 Å². The molecule has 3 heteroatoms. The lowest BCUT2D eigenvalue weighted by Gasteiger charge is -2.42. The Morgan fingerprint density at radius 2 is 1.83 bits per heavy atom. The second-order valence-corrected chi connectivity index (χ2v) is 6.82. The van der Waals surface area contributed by atoms with Gasteiger partial charge in [0.25, 0.3) is 0 Å². The molecule has 0 saturated heterocycles. The Bertz CT molecular complexity index is 526. The number of rotatable bonds is 5. The first-order valence-corrected chi connectivity index (χ1v) is 8.61. The fraction of sp³-hybridized carbons (Fsp3) is 0.600. The van der Waals surface area contributed by atoms with Gasteiger partial charge in [0.1, 0.15) is 5.60 Å². The summed E-state index contributed by atoms with van der Waals surface area (Å²) in [5, 5.41) is 21.6. The zero-order valence-corrected chi connectivity index (χ0v) is 14.3. The quantitative estimate of drug-likeness (QED) is 0.821. The molecule has 0 radical (unpaired) electrons. The molecule has 0 heterocycles. The normalized spacial score (nSPS) is 19.7. The van der Waals surface area contributed by atoms with Gasteiger partial charge in [0.15, 0.2) is 0 Å². The number of benzene rings is 1. The van der Waals surface area contributed by atoms with E-state index in [1.165, 1.54) is 6.42 Å². The third kappa shape index (κ3) is 4.35. The van der Waals surface area contributed by atoms with Crippen molar-refractivity contribution in [2.45, 2.75) is 37.7 Å². The highest BCUT2D eigenvalue weighted by atomic mass is 16.3. The smallest absolute Gasteiger partial charge is 0.108 e. The molecular weight excluding hydrogens is 286 g/mol. The molecule has 3 nitrogen and oxygen atoms in total. The van der Waals surface area contributed by atoms with Crippen LogP contribution in [0.25, 0.3) is 0 Å². The van der Waals surface area contributed by atoms with Crippen LogP contribution in [0.15, 0.2) is 30.3 Å². The van der Waals surface area contributed by atoms with Crippen LogP contribution in [0.4, 0.5) is 0 Å². The first-order chi connectivity index (χ1) is 11.1. The lowest BCUT2D eigenvalue weighted by molar-refractivity contribution is -0.0833. The van der Waals surface area contributed by atoms with Gasteiger partial charge in [0.05, 0.1) is 19.1 Å². The summed E-state index contributed by atoms with van der Waals surface area (Å²) in [6.45, 7) is 0.508. The highest BCUT2D eigenvalue weighted by Crippen LogP contribution is 2.44. The molecule has 0 aliphatic heterocycles. The topological polar surface area (TPSA) is 43.7 Å². The first kappa shape index (κ1) is 18.0. The van der Waals surface area contributed by atoms with E-state index < -0.39 is 11.5 Å². The summed E-state index contributed by atoms with van der Waals surface area (Å²) < 4.78 is 0. The number of aliphatic hydroxyl groups excluding tert-OH is 1. The molecule has 1 saturated carbocycles. The summed E-state index contributed by atoms with van der Waals surface area (Å²) in [6.07, 6.45) is 5.51. The van der Waals surface area contributed by atoms with E-state index in [2.05, 4.69) is 11.8 Å². The minimum absolute atomic E-state index is 0.123. The Labute approximate surface area is 140 Å². The number of hydrogen-bond donors (Lipinski definition) is 2. The van der Waals surface area contributed by atoms with Crippen molar-refractivity contribution in [1.29, 1.82) is 0 Å². The SMILES string of the molecule is CN(C)CC#CC(CO)C(O)(c1ccccc1)C1CCCCC1. The minimum Gasteiger partial charge on any atom is -0.395 e. The van der Waals surface area contributed by atoms with Crippen LogP contribution in [-0.2, 0) is 5.60 Å². The molecule has 1 aromatic rings. The molecular formula is C20H29NO2. The third-order valence-electron chi connectivity index (χ3n) is 4.85. The average Bonchev–Trinajstić information content (AvgIpc) is 2.59. The Morgan fingerprint density at radius 1 is 1.17 bits per heavy atom. The van der Waals surface area contributed by atoms with E-state index in [4.69, 9.17) is 0 Å². The molecule has 2 N–H and O–H groups in total. The van der Waals surface area contributed by atoms with Gasteiger partial charge in [-0.2, -0.15) is 0 Å². The zero-order valence-electron chi connectivity index (χ0n) is 14.3. The summed E-state index contributed by atoms with van der Waals surface area (Å²) in [7, 11) is 3.93. The summed E-state index contributed by atoms with van der Waals surface area (Å²) in [4.78, 5) is 1.99. The Hall–Kier alpha value is -1.34. The van der Waals surface area contributed by atoms with Crippen LogP contribution in [0.3, 0.4) is 0 Å². The van der Waals surface area contributed by atoms with Crippen molar-refractivity contribution in [3.63, 3.8) is 0 Å². The van der Waals surface area contributed by atoms with E-state index in [0.717, 1.165) is 31.2 Å². The number of aliphatic hydroxyl groups is 2. The van der Waals surface area contributed by atoms with Gasteiger partial charge < -0.3 is 10.2 Å². The second kappa shape index (κ2) is 8.49. The highest BCUT2D eigenvalue weighted by molar-refractivity contribution is 5.28. The minimum atomic E-state index is -1.07. The van der Waals surface area contributed by atoms with Crippen molar-refractivity contribution in [2.24, 2.45) is 11.8 Å². The average molecular weight is 315 g/mol. The van der Waals surface area contributed by atoms with Crippen molar-refractivity contribution >= 4 is 0 Å². The highest BCUT2D eigenvalue weighted by Gasteiger charge is 2.44. The lowest BCUT2D eigenvalue weighted by atomic mass is 9.67. The second-order valence-electron chi connectivity index (χ2n) is 6.82. The Balaban J connectivity index is 2.36. The molecule has 126 valence electrons. The fourth-order valence-electron chi connectivity index (χ4n) is 3.59. The molecule has 1 fully saturated rings. The lowest BCUT2D eigenvalue weighted by Crippen LogP contribution is -2.44. The number of hydrogen-bond acceptors (Lipinski definition) is 3. The zero-order chi connectivity index (χ0) is 16.7. The standard InChI is InChI=1S/C20H29NO2/c1-21(2)15-9-14-19(16-22)20(23,17-10-5-3-6-11-17)18-12-7-4-8-13-18/h3,5-6,10-11,18-19,22-23H,4,7-8,12-13,15-16H2,1-2H3. The van der Waals surface area contributed by atoms with Crippen molar-refractivity contribution in [2.75, 3.05) is 27.2 Å². The van der Waals surface area contributed by atoms with E-state index in [1.807, 2.05) is 49.3 Å². The molecule has 23 heavy (non-hydrogen) atoms. The summed E-state index contributed by atoms with van der Waals surface area (Å²) in [5.41, 5.74) is -0.194. The molecule has 0 spiro atoms. The van der Waals surface area contributed by atoms with Gasteiger partial charge in [-0.3, -0.25) is 4.90 Å². The predicted molar refractivity (Wildman–Crippen MR) is 93.8 cm³/mol. The van der Waals surface area contributed by atoms with Crippen LogP contribution in [0, 0.1) is 23.7 Å². The first-order valence-electron chi connectivity index (χ1n) is 8.61. The van der Waals surface area contributed by atoms with Gasteiger partial charge in [-0.15, -0.1) is 0 Å². The van der Waals surface area contributed by atoms with Crippen LogP contribution in [0.2, 0.25) is 0 Å². The molecule has 1 aliphatic carbocycles. The molecule has 2 unspecified atom stereocenters. The maximum atomic E-state index is 11.7. The van der Waals surface area contributed by atoms with E-state index in [9.17, 15) is 10.2 Å². The maximum absolute atomic E-state index is 11.7. The van der Waals surface area contributed by atoms with Crippen molar-refractivity contribution in [3.8, 4) is 11.8 Å². The maximum Gasteiger partial charge on any atom is 0.108 e. The van der Waals surface area contributed by atoms with Crippen LogP contribution in [-0.4, -0.2) is 42.4 Å². The van der Waals surface area contributed by atoms with Gasteiger partial charge in [-0.25, -0.2) is 0 Å². The summed E-state index contributed by atoms with van der Waals surface area (Å²) >= 11 is 0. The monoisotopic (exact) mass is 315 g/mol. The van der Waals surface area contributed by atoms with Crippen molar-refractivity contribution < 1.29 is 10.2 Å². The Morgan fingerprint density at radius 3 is 2.39 bits per heavy atom. The molecule has 2 rings (SSSR count). The molecule has 2 atom stereocenters.